The van der Waals surface area contributed by atoms with Crippen LogP contribution in [0.5, 0.6) is 11.5 Å². The molecule has 3 rings (SSSR count). The van der Waals surface area contributed by atoms with E-state index in [-0.39, 0.29) is 11.7 Å². The third kappa shape index (κ3) is 2.86. The van der Waals surface area contributed by atoms with Gasteiger partial charge >= 0.3 is 6.61 Å². The molecule has 0 radical (unpaired) electrons. The number of hydrogen-bond acceptors (Lipinski definition) is 3. The molecule has 4 nitrogen and oxygen atoms in total. The summed E-state index contributed by atoms with van der Waals surface area (Å²) in [5.41, 5.74) is 1.10. The SMILES string of the molecule is O=C(c1ccc(OC(F)F)cc1)N1CCOc2ccccc21. The topological polar surface area (TPSA) is 38.8 Å². The molecule has 1 aliphatic rings. The van der Waals surface area contributed by atoms with Gasteiger partial charge in [0.05, 0.1) is 12.2 Å². The fourth-order valence-electron chi connectivity index (χ4n) is 2.32. The van der Waals surface area contributed by atoms with Gasteiger partial charge in [-0.05, 0) is 36.4 Å². The van der Waals surface area contributed by atoms with E-state index < -0.39 is 6.61 Å². The number of para-hydroxylation sites is 2. The van der Waals surface area contributed by atoms with Crippen molar-refractivity contribution in [2.75, 3.05) is 18.1 Å². The molecule has 0 spiro atoms. The van der Waals surface area contributed by atoms with E-state index in [1.165, 1.54) is 24.3 Å². The van der Waals surface area contributed by atoms with Crippen LogP contribution in [-0.2, 0) is 0 Å². The molecule has 0 aliphatic carbocycles. The third-order valence-corrected chi connectivity index (χ3v) is 3.30. The highest BCUT2D eigenvalue weighted by Gasteiger charge is 2.24. The number of ether oxygens (including phenoxy) is 2. The molecule has 22 heavy (non-hydrogen) atoms. The minimum Gasteiger partial charge on any atom is -0.490 e. The molecule has 0 saturated carbocycles. The van der Waals surface area contributed by atoms with Crippen molar-refractivity contribution in [2.45, 2.75) is 6.61 Å². The number of hydrogen-bond donors (Lipinski definition) is 0. The molecule has 1 amide bonds. The van der Waals surface area contributed by atoms with E-state index in [9.17, 15) is 13.6 Å². The molecule has 0 saturated heterocycles. The lowest BCUT2D eigenvalue weighted by atomic mass is 10.1. The van der Waals surface area contributed by atoms with Crippen molar-refractivity contribution in [1.29, 1.82) is 0 Å². The van der Waals surface area contributed by atoms with Gasteiger partial charge in [-0.3, -0.25) is 4.79 Å². The second kappa shape index (κ2) is 6.01. The number of carbonyl (C=O) groups is 1. The summed E-state index contributed by atoms with van der Waals surface area (Å²) < 4.78 is 34.0. The van der Waals surface area contributed by atoms with Crippen LogP contribution in [0.15, 0.2) is 48.5 Å². The third-order valence-electron chi connectivity index (χ3n) is 3.30. The van der Waals surface area contributed by atoms with Crippen molar-refractivity contribution >= 4 is 11.6 Å². The molecular weight excluding hydrogens is 292 g/mol. The van der Waals surface area contributed by atoms with Gasteiger partial charge < -0.3 is 14.4 Å². The highest BCUT2D eigenvalue weighted by Crippen LogP contribution is 2.32. The van der Waals surface area contributed by atoms with Gasteiger partial charge in [0, 0.05) is 5.56 Å². The first-order chi connectivity index (χ1) is 10.6. The van der Waals surface area contributed by atoms with Crippen LogP contribution < -0.4 is 14.4 Å². The van der Waals surface area contributed by atoms with Crippen LogP contribution in [0.4, 0.5) is 14.5 Å². The number of nitrogens with zero attached hydrogens (tertiary/aromatic N) is 1. The normalized spacial score (nSPS) is 13.5. The first-order valence-electron chi connectivity index (χ1n) is 6.74. The monoisotopic (exact) mass is 305 g/mol. The Hall–Kier alpha value is -2.63. The lowest BCUT2D eigenvalue weighted by Crippen LogP contribution is -2.37. The first kappa shape index (κ1) is 14.3. The highest BCUT2D eigenvalue weighted by atomic mass is 19.3. The second-order valence-corrected chi connectivity index (χ2v) is 4.68. The molecular formula is C16H13F2NO3. The summed E-state index contributed by atoms with van der Waals surface area (Å²) >= 11 is 0. The molecule has 0 N–H and O–H groups in total. The van der Waals surface area contributed by atoms with E-state index in [2.05, 4.69) is 4.74 Å². The van der Waals surface area contributed by atoms with Gasteiger partial charge in [0.25, 0.3) is 5.91 Å². The average molecular weight is 305 g/mol. The van der Waals surface area contributed by atoms with E-state index in [1.807, 2.05) is 12.1 Å². The van der Waals surface area contributed by atoms with Gasteiger partial charge in [-0.2, -0.15) is 8.78 Å². The molecule has 0 aromatic heterocycles. The molecule has 2 aromatic carbocycles. The number of benzene rings is 2. The average Bonchev–Trinajstić information content (AvgIpc) is 2.54. The van der Waals surface area contributed by atoms with E-state index in [0.717, 1.165) is 0 Å². The largest absolute Gasteiger partial charge is 0.490 e. The highest BCUT2D eigenvalue weighted by molar-refractivity contribution is 6.07. The Morgan fingerprint density at radius 2 is 1.86 bits per heavy atom. The number of fused-ring (bicyclic) bond motifs is 1. The fourth-order valence-corrected chi connectivity index (χ4v) is 2.32. The van der Waals surface area contributed by atoms with Crippen molar-refractivity contribution < 1.29 is 23.0 Å². The molecule has 2 aromatic rings. The van der Waals surface area contributed by atoms with Crippen molar-refractivity contribution in [3.05, 3.63) is 54.1 Å². The summed E-state index contributed by atoms with van der Waals surface area (Å²) in [5, 5.41) is 0. The van der Waals surface area contributed by atoms with Crippen molar-refractivity contribution in [3.8, 4) is 11.5 Å². The Balaban J connectivity index is 1.83. The number of halogens is 2. The zero-order valence-corrected chi connectivity index (χ0v) is 11.5. The van der Waals surface area contributed by atoms with E-state index in [0.29, 0.717) is 30.2 Å². The standard InChI is InChI=1S/C16H13F2NO3/c17-16(18)22-12-7-5-11(6-8-12)15(20)19-9-10-21-14-4-2-1-3-13(14)19/h1-8,16H,9-10H2. The maximum absolute atomic E-state index is 12.6. The Morgan fingerprint density at radius 3 is 2.59 bits per heavy atom. The Morgan fingerprint density at radius 1 is 1.14 bits per heavy atom. The minimum absolute atomic E-state index is 0.0222. The second-order valence-electron chi connectivity index (χ2n) is 4.68. The van der Waals surface area contributed by atoms with E-state index in [4.69, 9.17) is 4.74 Å². The number of anilines is 1. The summed E-state index contributed by atoms with van der Waals surface area (Å²) in [6, 6.07) is 12.9. The lowest BCUT2D eigenvalue weighted by molar-refractivity contribution is -0.0498. The summed E-state index contributed by atoms with van der Waals surface area (Å²) in [4.78, 5) is 14.2. The van der Waals surface area contributed by atoms with E-state index in [1.54, 1.807) is 17.0 Å². The molecule has 114 valence electrons. The summed E-state index contributed by atoms with van der Waals surface area (Å²) in [5.74, 6) is 0.466. The molecule has 6 heteroatoms. The van der Waals surface area contributed by atoms with Gasteiger partial charge in [0.15, 0.2) is 0 Å². The number of carbonyl (C=O) groups excluding carboxylic acids is 1. The predicted octanol–water partition coefficient (Wildman–Crippen LogP) is 3.33. The maximum atomic E-state index is 12.6. The van der Waals surface area contributed by atoms with Gasteiger partial charge in [-0.1, -0.05) is 12.1 Å². The summed E-state index contributed by atoms with van der Waals surface area (Å²) in [6.45, 7) is -2.03. The first-order valence-corrected chi connectivity index (χ1v) is 6.74. The number of rotatable bonds is 3. The molecule has 0 bridgehead atoms. The smallest absolute Gasteiger partial charge is 0.387 e. The molecule has 0 atom stereocenters. The van der Waals surface area contributed by atoms with Gasteiger partial charge in [0.2, 0.25) is 0 Å². The zero-order valence-electron chi connectivity index (χ0n) is 11.5. The lowest BCUT2D eigenvalue weighted by Gasteiger charge is -2.29. The molecule has 0 fully saturated rings. The Kier molecular flexibility index (Phi) is 3.91. The van der Waals surface area contributed by atoms with Crippen molar-refractivity contribution in [1.82, 2.24) is 0 Å². The van der Waals surface area contributed by atoms with Crippen LogP contribution in [0.3, 0.4) is 0 Å². The van der Waals surface area contributed by atoms with Gasteiger partial charge in [-0.25, -0.2) is 0 Å². The number of alkyl halides is 2. The quantitative estimate of drug-likeness (QED) is 0.873. The fraction of sp³-hybridized carbons (Fsp3) is 0.188. The summed E-state index contributed by atoms with van der Waals surface area (Å²) in [7, 11) is 0. The maximum Gasteiger partial charge on any atom is 0.387 e. The minimum atomic E-state index is -2.88. The van der Waals surface area contributed by atoms with Gasteiger partial charge in [0.1, 0.15) is 18.1 Å². The van der Waals surface area contributed by atoms with Crippen LogP contribution in [0.25, 0.3) is 0 Å². The number of amides is 1. The van der Waals surface area contributed by atoms with Crippen LogP contribution in [-0.4, -0.2) is 25.7 Å². The molecule has 0 unspecified atom stereocenters. The Labute approximate surface area is 125 Å². The van der Waals surface area contributed by atoms with Gasteiger partial charge in [-0.15, -0.1) is 0 Å². The van der Waals surface area contributed by atoms with Crippen LogP contribution in [0, 0.1) is 0 Å². The Bertz CT molecular complexity index is 673. The van der Waals surface area contributed by atoms with Crippen LogP contribution in [0.1, 0.15) is 10.4 Å². The van der Waals surface area contributed by atoms with E-state index >= 15 is 0 Å². The van der Waals surface area contributed by atoms with Crippen molar-refractivity contribution in [3.63, 3.8) is 0 Å². The zero-order chi connectivity index (χ0) is 15.5. The molecule has 1 aliphatic heterocycles. The predicted molar refractivity (Wildman–Crippen MR) is 76.7 cm³/mol. The van der Waals surface area contributed by atoms with Crippen molar-refractivity contribution in [2.24, 2.45) is 0 Å². The molecule has 1 heterocycles. The van der Waals surface area contributed by atoms with Crippen LogP contribution in [0.2, 0.25) is 0 Å². The van der Waals surface area contributed by atoms with Crippen LogP contribution >= 0.6 is 0 Å². The summed E-state index contributed by atoms with van der Waals surface area (Å²) in [6.07, 6.45) is 0.